The van der Waals surface area contributed by atoms with Crippen LogP contribution in [-0.4, -0.2) is 24.2 Å². The van der Waals surface area contributed by atoms with E-state index in [0.717, 1.165) is 4.90 Å². The minimum atomic E-state index is -0.366. The molecule has 0 saturated heterocycles. The van der Waals surface area contributed by atoms with E-state index in [0.29, 0.717) is 12.1 Å². The zero-order valence-corrected chi connectivity index (χ0v) is 12.0. The fourth-order valence-corrected chi connectivity index (χ4v) is 1.58. The molecule has 1 aromatic rings. The van der Waals surface area contributed by atoms with Gasteiger partial charge in [-0.1, -0.05) is 0 Å². The number of thioether (sulfide) groups is 1. The molecule has 0 atom stereocenters. The summed E-state index contributed by atoms with van der Waals surface area (Å²) in [4.78, 5) is 13.0. The monoisotopic (exact) mass is 274 g/mol. The van der Waals surface area contributed by atoms with E-state index in [9.17, 15) is 4.79 Å². The van der Waals surface area contributed by atoms with E-state index >= 15 is 0 Å². The van der Waals surface area contributed by atoms with Crippen molar-refractivity contribution in [1.29, 1.82) is 0 Å². The van der Waals surface area contributed by atoms with Crippen LogP contribution in [0.15, 0.2) is 29.2 Å². The van der Waals surface area contributed by atoms with Gasteiger partial charge in [0.25, 0.3) is 5.91 Å². The molecule has 0 heterocycles. The van der Waals surface area contributed by atoms with Gasteiger partial charge in [0.05, 0.1) is 0 Å². The van der Waals surface area contributed by atoms with Crippen molar-refractivity contribution in [2.24, 2.45) is 5.73 Å². The fraction of sp³-hybridized carbons (Fsp3) is 0.417. The van der Waals surface area contributed by atoms with Gasteiger partial charge in [0, 0.05) is 22.5 Å². The number of rotatable bonds is 4. The van der Waals surface area contributed by atoms with Crippen molar-refractivity contribution in [3.63, 3.8) is 0 Å². The minimum absolute atomic E-state index is 0. The van der Waals surface area contributed by atoms with E-state index in [1.807, 2.05) is 44.4 Å². The molecule has 96 valence electrons. The lowest BCUT2D eigenvalue weighted by atomic mass is 10.1. The topological polar surface area (TPSA) is 55.1 Å². The third-order valence-corrected chi connectivity index (χ3v) is 3.06. The molecule has 1 aromatic carbocycles. The van der Waals surface area contributed by atoms with Crippen LogP contribution < -0.4 is 11.1 Å². The Morgan fingerprint density at radius 2 is 1.88 bits per heavy atom. The molecule has 0 radical (unpaired) electrons. The first-order valence-electron chi connectivity index (χ1n) is 5.15. The summed E-state index contributed by atoms with van der Waals surface area (Å²) < 4.78 is 0. The molecule has 17 heavy (non-hydrogen) atoms. The van der Waals surface area contributed by atoms with Gasteiger partial charge in [-0.05, 0) is 44.4 Å². The van der Waals surface area contributed by atoms with Crippen LogP contribution in [0.4, 0.5) is 0 Å². The summed E-state index contributed by atoms with van der Waals surface area (Å²) >= 11 is 1.66. The standard InChI is InChI=1S/C12H18N2OS.ClH/c1-12(2,8-13)14-11(15)9-4-6-10(16-3)7-5-9;/h4-7H,8,13H2,1-3H3,(H,14,15);1H. The number of hydrogen-bond acceptors (Lipinski definition) is 3. The minimum Gasteiger partial charge on any atom is -0.346 e. The van der Waals surface area contributed by atoms with Gasteiger partial charge in [-0.2, -0.15) is 0 Å². The summed E-state index contributed by atoms with van der Waals surface area (Å²) in [6.45, 7) is 4.23. The Labute approximate surface area is 113 Å². The summed E-state index contributed by atoms with van der Waals surface area (Å²) in [6, 6.07) is 7.53. The quantitative estimate of drug-likeness (QED) is 0.829. The van der Waals surface area contributed by atoms with Crippen LogP contribution in [0.3, 0.4) is 0 Å². The maximum atomic E-state index is 11.8. The highest BCUT2D eigenvalue weighted by Crippen LogP contribution is 2.15. The van der Waals surface area contributed by atoms with Crippen molar-refractivity contribution in [2.75, 3.05) is 12.8 Å². The van der Waals surface area contributed by atoms with Crippen LogP contribution in [0.25, 0.3) is 0 Å². The zero-order chi connectivity index (χ0) is 12.2. The van der Waals surface area contributed by atoms with Crippen LogP contribution in [-0.2, 0) is 0 Å². The third-order valence-electron chi connectivity index (χ3n) is 2.31. The number of nitrogens with one attached hydrogen (secondary N) is 1. The van der Waals surface area contributed by atoms with Crippen molar-refractivity contribution < 1.29 is 4.79 Å². The Balaban J connectivity index is 0.00000256. The average molecular weight is 275 g/mol. The van der Waals surface area contributed by atoms with Crippen LogP contribution in [0.1, 0.15) is 24.2 Å². The van der Waals surface area contributed by atoms with Gasteiger partial charge >= 0.3 is 0 Å². The van der Waals surface area contributed by atoms with Crippen LogP contribution in [0.2, 0.25) is 0 Å². The molecule has 0 saturated carbocycles. The summed E-state index contributed by atoms with van der Waals surface area (Å²) in [7, 11) is 0. The van der Waals surface area contributed by atoms with E-state index in [2.05, 4.69) is 5.32 Å². The van der Waals surface area contributed by atoms with Gasteiger partial charge in [-0.25, -0.2) is 0 Å². The second-order valence-corrected chi connectivity index (χ2v) is 5.15. The average Bonchev–Trinajstić information content (AvgIpc) is 2.28. The molecule has 0 aliphatic carbocycles. The van der Waals surface area contributed by atoms with Crippen LogP contribution in [0, 0.1) is 0 Å². The van der Waals surface area contributed by atoms with E-state index in [1.165, 1.54) is 0 Å². The predicted octanol–water partition coefficient (Wildman–Crippen LogP) is 2.30. The second-order valence-electron chi connectivity index (χ2n) is 4.27. The smallest absolute Gasteiger partial charge is 0.251 e. The molecular formula is C12H19ClN2OS. The summed E-state index contributed by atoms with van der Waals surface area (Å²) in [5, 5.41) is 2.89. The highest BCUT2D eigenvalue weighted by molar-refractivity contribution is 7.98. The molecule has 0 spiro atoms. The first kappa shape index (κ1) is 16.3. The van der Waals surface area contributed by atoms with E-state index in [1.54, 1.807) is 11.8 Å². The van der Waals surface area contributed by atoms with Crippen LogP contribution >= 0.6 is 24.2 Å². The molecule has 0 aromatic heterocycles. The summed E-state index contributed by atoms with van der Waals surface area (Å²) in [5.74, 6) is -0.0805. The molecule has 3 N–H and O–H groups in total. The van der Waals surface area contributed by atoms with Crippen molar-refractivity contribution in [3.8, 4) is 0 Å². The Kier molecular flexibility index (Phi) is 6.60. The number of benzene rings is 1. The molecule has 0 bridgehead atoms. The van der Waals surface area contributed by atoms with Crippen LogP contribution in [0.5, 0.6) is 0 Å². The summed E-state index contributed by atoms with van der Waals surface area (Å²) in [5.41, 5.74) is 5.86. The lowest BCUT2D eigenvalue weighted by molar-refractivity contribution is 0.0915. The Hall–Kier alpha value is -0.710. The van der Waals surface area contributed by atoms with Gasteiger partial charge in [-0.3, -0.25) is 4.79 Å². The Bertz CT molecular complexity index is 365. The normalized spacial score (nSPS) is 10.6. The number of nitrogens with two attached hydrogens (primary N) is 1. The first-order valence-corrected chi connectivity index (χ1v) is 6.37. The lowest BCUT2D eigenvalue weighted by Gasteiger charge is -2.24. The van der Waals surface area contributed by atoms with Crippen molar-refractivity contribution in [2.45, 2.75) is 24.3 Å². The first-order chi connectivity index (χ1) is 7.48. The molecule has 0 aliphatic heterocycles. The number of hydrogen-bond donors (Lipinski definition) is 2. The maximum Gasteiger partial charge on any atom is 0.251 e. The van der Waals surface area contributed by atoms with Crippen molar-refractivity contribution in [3.05, 3.63) is 29.8 Å². The summed E-state index contributed by atoms with van der Waals surface area (Å²) in [6.07, 6.45) is 2.01. The van der Waals surface area contributed by atoms with Gasteiger partial charge in [0.15, 0.2) is 0 Å². The molecule has 0 unspecified atom stereocenters. The lowest BCUT2D eigenvalue weighted by Crippen LogP contribution is -2.48. The second kappa shape index (κ2) is 6.89. The van der Waals surface area contributed by atoms with Gasteiger partial charge in [0.2, 0.25) is 0 Å². The van der Waals surface area contributed by atoms with Gasteiger partial charge < -0.3 is 11.1 Å². The maximum absolute atomic E-state index is 11.8. The predicted molar refractivity (Wildman–Crippen MR) is 76.1 cm³/mol. The Morgan fingerprint density at radius 1 is 1.35 bits per heavy atom. The molecule has 5 heteroatoms. The van der Waals surface area contributed by atoms with E-state index in [4.69, 9.17) is 5.73 Å². The SMILES string of the molecule is CSc1ccc(C(=O)NC(C)(C)CN)cc1.Cl. The molecule has 1 rings (SSSR count). The largest absolute Gasteiger partial charge is 0.346 e. The molecule has 1 amide bonds. The van der Waals surface area contributed by atoms with Gasteiger partial charge in [0.1, 0.15) is 0 Å². The molecule has 0 aliphatic rings. The fourth-order valence-electron chi connectivity index (χ4n) is 1.17. The third kappa shape index (κ3) is 4.98. The highest BCUT2D eigenvalue weighted by Gasteiger charge is 2.18. The molecule has 3 nitrogen and oxygen atoms in total. The zero-order valence-electron chi connectivity index (χ0n) is 10.3. The number of amides is 1. The molecular weight excluding hydrogens is 256 g/mol. The highest BCUT2D eigenvalue weighted by atomic mass is 35.5. The number of halogens is 1. The van der Waals surface area contributed by atoms with Crippen molar-refractivity contribution in [1.82, 2.24) is 5.32 Å². The van der Waals surface area contributed by atoms with E-state index < -0.39 is 0 Å². The molecule has 0 fully saturated rings. The number of carbonyl (C=O) groups excluding carboxylic acids is 1. The van der Waals surface area contributed by atoms with Gasteiger partial charge in [-0.15, -0.1) is 24.2 Å². The number of carbonyl (C=O) groups is 1. The van der Waals surface area contributed by atoms with E-state index in [-0.39, 0.29) is 23.9 Å². The Morgan fingerprint density at radius 3 is 2.29 bits per heavy atom. The van der Waals surface area contributed by atoms with Crippen molar-refractivity contribution >= 4 is 30.1 Å².